The molecule has 146 valence electrons. The lowest BCUT2D eigenvalue weighted by Crippen LogP contribution is -2.26. The van der Waals surface area contributed by atoms with Crippen molar-refractivity contribution < 1.29 is 23.9 Å². The van der Waals surface area contributed by atoms with Gasteiger partial charge in [0.15, 0.2) is 12.4 Å². The minimum Gasteiger partial charge on any atom is -0.496 e. The summed E-state index contributed by atoms with van der Waals surface area (Å²) in [6.07, 6.45) is 0.840. The second kappa shape index (κ2) is 9.03. The van der Waals surface area contributed by atoms with Crippen molar-refractivity contribution in [2.45, 2.75) is 19.3 Å². The Bertz CT molecular complexity index is 894. The van der Waals surface area contributed by atoms with Gasteiger partial charge in [0.05, 0.1) is 12.8 Å². The fourth-order valence-electron chi connectivity index (χ4n) is 2.96. The highest BCUT2D eigenvalue weighted by molar-refractivity contribution is 6.01. The van der Waals surface area contributed by atoms with E-state index in [4.69, 9.17) is 9.47 Å². The highest BCUT2D eigenvalue weighted by Crippen LogP contribution is 2.29. The molecular weight excluding hydrogens is 360 g/mol. The fourth-order valence-corrected chi connectivity index (χ4v) is 2.96. The molecule has 2 aromatic rings. The molecule has 2 aromatic carbocycles. The summed E-state index contributed by atoms with van der Waals surface area (Å²) in [6, 6.07) is 12.5. The van der Waals surface area contributed by atoms with Crippen LogP contribution >= 0.6 is 0 Å². The summed E-state index contributed by atoms with van der Waals surface area (Å²) in [5, 5.41) is 5.49. The van der Waals surface area contributed by atoms with E-state index in [9.17, 15) is 14.4 Å². The maximum Gasteiger partial charge on any atom is 0.262 e. The van der Waals surface area contributed by atoms with Gasteiger partial charge in [0, 0.05) is 24.9 Å². The van der Waals surface area contributed by atoms with Crippen LogP contribution in [0.25, 0.3) is 0 Å². The molecule has 0 radical (unpaired) electrons. The number of ketones is 1. The molecule has 28 heavy (non-hydrogen) atoms. The van der Waals surface area contributed by atoms with Gasteiger partial charge in [0.25, 0.3) is 5.91 Å². The van der Waals surface area contributed by atoms with E-state index in [1.807, 2.05) is 24.3 Å². The SMILES string of the molecule is COc1ccccc1CCNC(=O)CCC(=O)c1ccc2c(c1)NC(=O)CO2. The van der Waals surface area contributed by atoms with Gasteiger partial charge in [0.2, 0.25) is 5.91 Å². The van der Waals surface area contributed by atoms with E-state index in [-0.39, 0.29) is 37.0 Å². The molecule has 0 saturated heterocycles. The van der Waals surface area contributed by atoms with Crippen LogP contribution in [0.1, 0.15) is 28.8 Å². The Kier molecular flexibility index (Phi) is 6.26. The normalized spacial score (nSPS) is 12.4. The number of rotatable bonds is 8. The summed E-state index contributed by atoms with van der Waals surface area (Å²) in [5.41, 5.74) is 1.93. The molecule has 0 unspecified atom stereocenters. The van der Waals surface area contributed by atoms with Crippen LogP contribution in [0.15, 0.2) is 42.5 Å². The zero-order chi connectivity index (χ0) is 19.9. The Hall–Kier alpha value is -3.35. The van der Waals surface area contributed by atoms with Gasteiger partial charge in [-0.05, 0) is 36.2 Å². The first-order valence-corrected chi connectivity index (χ1v) is 9.05. The number of nitrogens with one attached hydrogen (secondary N) is 2. The van der Waals surface area contributed by atoms with Crippen LogP contribution < -0.4 is 20.1 Å². The van der Waals surface area contributed by atoms with Crippen molar-refractivity contribution in [1.82, 2.24) is 5.32 Å². The van der Waals surface area contributed by atoms with E-state index in [2.05, 4.69) is 10.6 Å². The molecular formula is C21H22N2O5. The number of ether oxygens (including phenoxy) is 2. The summed E-state index contributed by atoms with van der Waals surface area (Å²) in [7, 11) is 1.61. The average Bonchev–Trinajstić information content (AvgIpc) is 2.71. The fraction of sp³-hybridized carbons (Fsp3) is 0.286. The lowest BCUT2D eigenvalue weighted by molar-refractivity contribution is -0.121. The van der Waals surface area contributed by atoms with Gasteiger partial charge in [-0.25, -0.2) is 0 Å². The van der Waals surface area contributed by atoms with Crippen LogP contribution in [-0.2, 0) is 16.0 Å². The maximum absolute atomic E-state index is 12.3. The lowest BCUT2D eigenvalue weighted by Gasteiger charge is -2.18. The van der Waals surface area contributed by atoms with E-state index in [0.29, 0.717) is 30.0 Å². The summed E-state index contributed by atoms with van der Waals surface area (Å²) in [5.74, 6) is 0.715. The molecule has 1 aliphatic rings. The zero-order valence-electron chi connectivity index (χ0n) is 15.6. The molecule has 0 spiro atoms. The number of carbonyl (C=O) groups is 3. The van der Waals surface area contributed by atoms with E-state index < -0.39 is 0 Å². The highest BCUT2D eigenvalue weighted by Gasteiger charge is 2.18. The number of methoxy groups -OCH3 is 1. The van der Waals surface area contributed by atoms with Crippen molar-refractivity contribution in [3.8, 4) is 11.5 Å². The molecule has 0 aliphatic carbocycles. The van der Waals surface area contributed by atoms with Crippen molar-refractivity contribution in [3.63, 3.8) is 0 Å². The molecule has 1 heterocycles. The largest absolute Gasteiger partial charge is 0.496 e. The topological polar surface area (TPSA) is 93.7 Å². The number of amides is 2. The van der Waals surface area contributed by atoms with Gasteiger partial charge >= 0.3 is 0 Å². The molecule has 2 N–H and O–H groups in total. The number of hydrogen-bond donors (Lipinski definition) is 2. The standard InChI is InChI=1S/C21H22N2O5/c1-27-18-5-3-2-4-14(18)10-11-22-20(25)9-7-17(24)15-6-8-19-16(12-15)23-21(26)13-28-19/h2-6,8,12H,7,9-11,13H2,1H3,(H,22,25)(H,23,26). The smallest absolute Gasteiger partial charge is 0.262 e. The summed E-state index contributed by atoms with van der Waals surface area (Å²) in [6.45, 7) is 0.435. The molecule has 7 heteroatoms. The van der Waals surface area contributed by atoms with Gasteiger partial charge in [0.1, 0.15) is 11.5 Å². The van der Waals surface area contributed by atoms with Crippen molar-refractivity contribution in [2.24, 2.45) is 0 Å². The van der Waals surface area contributed by atoms with Crippen LogP contribution in [0.3, 0.4) is 0 Å². The van der Waals surface area contributed by atoms with Crippen molar-refractivity contribution in [2.75, 3.05) is 25.6 Å². The molecule has 0 aromatic heterocycles. The lowest BCUT2D eigenvalue weighted by atomic mass is 10.0. The first-order chi connectivity index (χ1) is 13.6. The van der Waals surface area contributed by atoms with Gasteiger partial charge in [-0.3, -0.25) is 14.4 Å². The average molecular weight is 382 g/mol. The number of benzene rings is 2. The molecule has 0 fully saturated rings. The monoisotopic (exact) mass is 382 g/mol. The minimum atomic E-state index is -0.258. The van der Waals surface area contributed by atoms with Gasteiger partial charge in [-0.15, -0.1) is 0 Å². The summed E-state index contributed by atoms with van der Waals surface area (Å²) >= 11 is 0. The first kappa shape index (κ1) is 19.4. The van der Waals surface area contributed by atoms with E-state index in [1.54, 1.807) is 25.3 Å². The van der Waals surface area contributed by atoms with Crippen LogP contribution in [0.4, 0.5) is 5.69 Å². The molecule has 2 amide bonds. The molecule has 0 saturated carbocycles. The van der Waals surface area contributed by atoms with Crippen LogP contribution in [0.2, 0.25) is 0 Å². The van der Waals surface area contributed by atoms with Gasteiger partial charge in [-0.2, -0.15) is 0 Å². The quantitative estimate of drug-likeness (QED) is 0.684. The van der Waals surface area contributed by atoms with Crippen molar-refractivity contribution in [1.29, 1.82) is 0 Å². The predicted molar refractivity (Wildman–Crippen MR) is 104 cm³/mol. The third-order valence-corrected chi connectivity index (χ3v) is 4.42. The van der Waals surface area contributed by atoms with Gasteiger partial charge < -0.3 is 20.1 Å². The Morgan fingerprint density at radius 2 is 2.00 bits per heavy atom. The Morgan fingerprint density at radius 3 is 2.82 bits per heavy atom. The van der Waals surface area contributed by atoms with Crippen LogP contribution in [0.5, 0.6) is 11.5 Å². The molecule has 0 atom stereocenters. The van der Waals surface area contributed by atoms with E-state index in [0.717, 1.165) is 11.3 Å². The number of Topliss-reactive ketones (excluding diaryl/α,β-unsaturated/α-hetero) is 1. The van der Waals surface area contributed by atoms with Gasteiger partial charge in [-0.1, -0.05) is 18.2 Å². The second-order valence-corrected chi connectivity index (χ2v) is 6.38. The summed E-state index contributed by atoms with van der Waals surface area (Å²) in [4.78, 5) is 35.8. The molecule has 3 rings (SSSR count). The Morgan fingerprint density at radius 1 is 1.18 bits per heavy atom. The minimum absolute atomic E-state index is 0.0324. The highest BCUT2D eigenvalue weighted by atomic mass is 16.5. The number of carbonyl (C=O) groups excluding carboxylic acids is 3. The second-order valence-electron chi connectivity index (χ2n) is 6.38. The van der Waals surface area contributed by atoms with Crippen molar-refractivity contribution in [3.05, 3.63) is 53.6 Å². The Labute approximate surface area is 163 Å². The van der Waals surface area contributed by atoms with Crippen LogP contribution in [-0.4, -0.2) is 37.9 Å². The van der Waals surface area contributed by atoms with Crippen molar-refractivity contribution >= 4 is 23.3 Å². The number of fused-ring (bicyclic) bond motifs is 1. The number of para-hydroxylation sites is 1. The maximum atomic E-state index is 12.3. The first-order valence-electron chi connectivity index (χ1n) is 9.05. The molecule has 7 nitrogen and oxygen atoms in total. The summed E-state index contributed by atoms with van der Waals surface area (Å²) < 4.78 is 10.6. The Balaban J connectivity index is 1.46. The zero-order valence-corrected chi connectivity index (χ0v) is 15.6. The third kappa shape index (κ3) is 4.88. The molecule has 1 aliphatic heterocycles. The molecule has 0 bridgehead atoms. The van der Waals surface area contributed by atoms with E-state index >= 15 is 0 Å². The number of anilines is 1. The van der Waals surface area contributed by atoms with E-state index in [1.165, 1.54) is 0 Å². The third-order valence-electron chi connectivity index (χ3n) is 4.42. The predicted octanol–water partition coefficient (Wildman–Crippen LogP) is 2.35. The van der Waals surface area contributed by atoms with Crippen LogP contribution in [0, 0.1) is 0 Å². The number of hydrogen-bond acceptors (Lipinski definition) is 5.